The number of aromatic nitrogens is 1. The van der Waals surface area contributed by atoms with Gasteiger partial charge >= 0.3 is 0 Å². The molecule has 0 aliphatic carbocycles. The van der Waals surface area contributed by atoms with Crippen LogP contribution < -0.4 is 9.47 Å². The van der Waals surface area contributed by atoms with Gasteiger partial charge in [-0.2, -0.15) is 0 Å². The first kappa shape index (κ1) is 18.4. The Morgan fingerprint density at radius 2 is 1.89 bits per heavy atom. The largest absolute Gasteiger partial charge is 0.497 e. The molecule has 3 aromatic rings. The van der Waals surface area contributed by atoms with Crippen molar-refractivity contribution in [2.45, 2.75) is 12.6 Å². The molecule has 7 heteroatoms. The molecule has 4 rings (SSSR count). The van der Waals surface area contributed by atoms with Gasteiger partial charge in [-0.3, -0.25) is 9.59 Å². The van der Waals surface area contributed by atoms with E-state index in [2.05, 4.69) is 4.57 Å². The summed E-state index contributed by atoms with van der Waals surface area (Å²) in [5.74, 6) is 1.55. The van der Waals surface area contributed by atoms with Gasteiger partial charge in [0.05, 0.1) is 20.8 Å². The highest BCUT2D eigenvalue weighted by Gasteiger charge is 2.39. The number of fused-ring (bicyclic) bond motifs is 1. The number of rotatable bonds is 5. The Morgan fingerprint density at radius 3 is 2.57 bits per heavy atom. The summed E-state index contributed by atoms with van der Waals surface area (Å²) in [5, 5.41) is 0.611. The lowest BCUT2D eigenvalue weighted by atomic mass is 10.0. The lowest BCUT2D eigenvalue weighted by Gasteiger charge is -2.18. The van der Waals surface area contributed by atoms with E-state index in [4.69, 9.17) is 9.47 Å². The van der Waals surface area contributed by atoms with E-state index in [1.165, 1.54) is 4.90 Å². The fraction of sp³-hybridized carbons (Fsp3) is 0.238. The molecule has 1 aliphatic rings. The van der Waals surface area contributed by atoms with Gasteiger partial charge in [-0.15, -0.1) is 0 Å². The monoisotopic (exact) mass is 396 g/mol. The molecule has 6 nitrogen and oxygen atoms in total. The van der Waals surface area contributed by atoms with E-state index >= 15 is 0 Å². The highest BCUT2D eigenvalue weighted by Crippen LogP contribution is 2.38. The van der Waals surface area contributed by atoms with Crippen LogP contribution in [0.1, 0.15) is 17.2 Å². The first-order chi connectivity index (χ1) is 13.5. The van der Waals surface area contributed by atoms with Gasteiger partial charge in [-0.05, 0) is 35.9 Å². The van der Waals surface area contributed by atoms with Crippen LogP contribution in [0.4, 0.5) is 4.79 Å². The smallest absolute Gasteiger partial charge is 0.289 e. The first-order valence-electron chi connectivity index (χ1n) is 8.80. The van der Waals surface area contributed by atoms with Gasteiger partial charge in [0, 0.05) is 41.5 Å². The van der Waals surface area contributed by atoms with Crippen LogP contribution in [0.5, 0.6) is 11.5 Å². The van der Waals surface area contributed by atoms with Gasteiger partial charge in [0.25, 0.3) is 5.24 Å². The third kappa shape index (κ3) is 3.01. The van der Waals surface area contributed by atoms with Crippen LogP contribution >= 0.6 is 11.8 Å². The van der Waals surface area contributed by atoms with Crippen LogP contribution in [0.15, 0.2) is 48.7 Å². The molecule has 144 valence electrons. The van der Waals surface area contributed by atoms with Crippen molar-refractivity contribution in [3.05, 3.63) is 59.8 Å². The van der Waals surface area contributed by atoms with Crippen molar-refractivity contribution in [1.82, 2.24) is 9.47 Å². The molecule has 1 saturated heterocycles. The molecule has 1 unspecified atom stereocenters. The van der Waals surface area contributed by atoms with E-state index in [1.54, 1.807) is 21.3 Å². The summed E-state index contributed by atoms with van der Waals surface area (Å²) >= 11 is 0.769. The number of thioether (sulfide) groups is 1. The molecule has 0 bridgehead atoms. The average molecular weight is 396 g/mol. The third-order valence-corrected chi connectivity index (χ3v) is 5.94. The Balaban J connectivity index is 1.76. The Kier molecular flexibility index (Phi) is 4.77. The summed E-state index contributed by atoms with van der Waals surface area (Å²) in [6.07, 6.45) is 1.99. The predicted octanol–water partition coefficient (Wildman–Crippen LogP) is 4.07. The maximum atomic E-state index is 12.4. The summed E-state index contributed by atoms with van der Waals surface area (Å²) in [6.45, 7) is 0.593. The van der Waals surface area contributed by atoms with Crippen LogP contribution in [-0.4, -0.2) is 41.1 Å². The highest BCUT2D eigenvalue weighted by molar-refractivity contribution is 8.26. The second-order valence-corrected chi connectivity index (χ2v) is 7.56. The van der Waals surface area contributed by atoms with Crippen LogP contribution in [0, 0.1) is 0 Å². The second-order valence-electron chi connectivity index (χ2n) is 6.60. The number of benzene rings is 2. The van der Waals surface area contributed by atoms with Crippen molar-refractivity contribution in [2.75, 3.05) is 21.3 Å². The standard InChI is InChI=1S/C21H20N2O4S/c1-22-19(20(24)28-21(22)25)16-5-4-6-17-15(16)9-10-23(17)12-13-11-14(26-2)7-8-18(13)27-3/h4-11,19H,12H2,1-3H3. The Morgan fingerprint density at radius 1 is 1.07 bits per heavy atom. The van der Waals surface area contributed by atoms with E-state index in [9.17, 15) is 9.59 Å². The van der Waals surface area contributed by atoms with Gasteiger partial charge in [0.1, 0.15) is 17.5 Å². The first-order valence-corrected chi connectivity index (χ1v) is 9.62. The molecule has 0 spiro atoms. The second kappa shape index (κ2) is 7.24. The summed E-state index contributed by atoms with van der Waals surface area (Å²) in [5.41, 5.74) is 2.83. The summed E-state index contributed by atoms with van der Waals surface area (Å²) in [6, 6.07) is 13.0. The Hall–Kier alpha value is -2.93. The SMILES string of the molecule is COc1ccc(OC)c(Cn2ccc3c(C4C(=O)SC(=O)N4C)cccc32)c1. The van der Waals surface area contributed by atoms with Crippen LogP contribution in [0.2, 0.25) is 0 Å². The molecule has 1 fully saturated rings. The lowest BCUT2D eigenvalue weighted by molar-refractivity contribution is -0.113. The zero-order valence-corrected chi connectivity index (χ0v) is 16.7. The zero-order chi connectivity index (χ0) is 19.8. The number of ether oxygens (including phenoxy) is 2. The molecular weight excluding hydrogens is 376 g/mol. The highest BCUT2D eigenvalue weighted by atomic mass is 32.2. The summed E-state index contributed by atoms with van der Waals surface area (Å²) in [4.78, 5) is 25.8. The fourth-order valence-corrected chi connectivity index (χ4v) is 4.44. The number of likely N-dealkylation sites (N-methyl/N-ethyl adjacent to an activating group) is 1. The maximum Gasteiger partial charge on any atom is 0.289 e. The molecule has 0 radical (unpaired) electrons. The van der Waals surface area contributed by atoms with E-state index in [1.807, 2.05) is 48.7 Å². The van der Waals surface area contributed by atoms with Gasteiger partial charge in [0.2, 0.25) is 5.12 Å². The fourth-order valence-electron chi connectivity index (χ4n) is 3.63. The number of hydrogen-bond donors (Lipinski definition) is 0. The van der Waals surface area contributed by atoms with Crippen LogP contribution in [-0.2, 0) is 11.3 Å². The lowest BCUT2D eigenvalue weighted by Crippen LogP contribution is -2.23. The molecule has 0 saturated carbocycles. The van der Waals surface area contributed by atoms with E-state index in [-0.39, 0.29) is 10.4 Å². The van der Waals surface area contributed by atoms with Gasteiger partial charge in [-0.25, -0.2) is 0 Å². The Bertz CT molecular complexity index is 1080. The van der Waals surface area contributed by atoms with Crippen molar-refractivity contribution in [3.8, 4) is 11.5 Å². The number of amides is 1. The van der Waals surface area contributed by atoms with Crippen molar-refractivity contribution >= 4 is 33.0 Å². The molecule has 0 N–H and O–H groups in total. The predicted molar refractivity (Wildman–Crippen MR) is 109 cm³/mol. The third-order valence-electron chi connectivity index (χ3n) is 5.06. The van der Waals surface area contributed by atoms with Crippen molar-refractivity contribution in [2.24, 2.45) is 0 Å². The summed E-state index contributed by atoms with van der Waals surface area (Å²) in [7, 11) is 4.95. The Labute approximate surface area is 167 Å². The van der Waals surface area contributed by atoms with Gasteiger partial charge < -0.3 is 18.9 Å². The molecular formula is C21H20N2O4S. The number of hydrogen-bond acceptors (Lipinski definition) is 5. The topological polar surface area (TPSA) is 60.8 Å². The van der Waals surface area contributed by atoms with E-state index in [0.717, 1.165) is 45.3 Å². The molecule has 1 atom stereocenters. The number of carbonyl (C=O) groups is 2. The molecule has 1 aromatic heterocycles. The number of carbonyl (C=O) groups excluding carboxylic acids is 2. The van der Waals surface area contributed by atoms with E-state index in [0.29, 0.717) is 6.54 Å². The molecule has 2 heterocycles. The average Bonchev–Trinajstić information content (AvgIpc) is 3.22. The molecule has 28 heavy (non-hydrogen) atoms. The normalized spacial score (nSPS) is 16.8. The zero-order valence-electron chi connectivity index (χ0n) is 15.8. The van der Waals surface area contributed by atoms with Crippen molar-refractivity contribution in [3.63, 3.8) is 0 Å². The minimum atomic E-state index is -0.552. The minimum Gasteiger partial charge on any atom is -0.497 e. The quantitative estimate of drug-likeness (QED) is 0.651. The minimum absolute atomic E-state index is 0.137. The molecule has 1 aliphatic heterocycles. The van der Waals surface area contributed by atoms with Crippen LogP contribution in [0.3, 0.4) is 0 Å². The number of nitrogens with zero attached hydrogens (tertiary/aromatic N) is 2. The van der Waals surface area contributed by atoms with Crippen molar-refractivity contribution in [1.29, 1.82) is 0 Å². The van der Waals surface area contributed by atoms with Gasteiger partial charge in [-0.1, -0.05) is 12.1 Å². The summed E-state index contributed by atoms with van der Waals surface area (Å²) < 4.78 is 12.9. The number of methoxy groups -OCH3 is 2. The van der Waals surface area contributed by atoms with Gasteiger partial charge in [0.15, 0.2) is 0 Å². The maximum absolute atomic E-state index is 12.4. The van der Waals surface area contributed by atoms with E-state index < -0.39 is 6.04 Å². The van der Waals surface area contributed by atoms with Crippen LogP contribution in [0.25, 0.3) is 10.9 Å². The molecule has 2 aromatic carbocycles. The van der Waals surface area contributed by atoms with Crippen molar-refractivity contribution < 1.29 is 19.1 Å². The molecule has 1 amide bonds.